The molecule has 0 radical (unpaired) electrons. The summed E-state index contributed by atoms with van der Waals surface area (Å²) in [6.45, 7) is 3.24. The highest BCUT2D eigenvalue weighted by molar-refractivity contribution is 7.10. The van der Waals surface area contributed by atoms with E-state index >= 15 is 0 Å². The molecule has 7 heteroatoms. The fourth-order valence-corrected chi connectivity index (χ4v) is 4.31. The summed E-state index contributed by atoms with van der Waals surface area (Å²) in [7, 11) is 0. The monoisotopic (exact) mass is 343 g/mol. The number of hydrogen-bond donors (Lipinski definition) is 1. The summed E-state index contributed by atoms with van der Waals surface area (Å²) in [5, 5.41) is 5.32. The molecule has 2 amide bonds. The van der Waals surface area contributed by atoms with Gasteiger partial charge in [0.15, 0.2) is 0 Å². The van der Waals surface area contributed by atoms with Gasteiger partial charge in [-0.3, -0.25) is 0 Å². The van der Waals surface area contributed by atoms with Gasteiger partial charge < -0.3 is 15.1 Å². The molecular formula is C17H21N5OS. The molecule has 0 saturated carbocycles. The van der Waals surface area contributed by atoms with Crippen molar-refractivity contribution in [2.24, 2.45) is 0 Å². The molecule has 0 aliphatic carbocycles. The number of aromatic nitrogens is 2. The molecule has 2 aliphatic heterocycles. The van der Waals surface area contributed by atoms with Gasteiger partial charge in [0.05, 0.1) is 0 Å². The van der Waals surface area contributed by atoms with Gasteiger partial charge in [0, 0.05) is 49.5 Å². The Kier molecular flexibility index (Phi) is 4.34. The molecule has 0 spiro atoms. The molecule has 0 unspecified atom stereocenters. The third kappa shape index (κ3) is 3.21. The number of carbonyl (C=O) groups is 1. The molecule has 24 heavy (non-hydrogen) atoms. The van der Waals surface area contributed by atoms with E-state index in [-0.39, 0.29) is 12.1 Å². The van der Waals surface area contributed by atoms with Crippen molar-refractivity contribution in [1.29, 1.82) is 0 Å². The summed E-state index contributed by atoms with van der Waals surface area (Å²) >= 11 is 1.79. The van der Waals surface area contributed by atoms with Gasteiger partial charge >= 0.3 is 6.03 Å². The van der Waals surface area contributed by atoms with Crippen LogP contribution in [0, 0.1) is 0 Å². The first-order valence-corrected chi connectivity index (χ1v) is 9.30. The minimum absolute atomic E-state index is 0.0488. The van der Waals surface area contributed by atoms with Crippen LogP contribution < -0.4 is 10.2 Å². The number of hydrogen-bond acceptors (Lipinski definition) is 5. The second-order valence-corrected chi connectivity index (χ2v) is 7.32. The minimum Gasteiger partial charge on any atom is -0.339 e. The maximum Gasteiger partial charge on any atom is 0.317 e. The van der Waals surface area contributed by atoms with Crippen LogP contribution in [0.15, 0.2) is 29.9 Å². The average molecular weight is 343 g/mol. The predicted octanol–water partition coefficient (Wildman–Crippen LogP) is 2.27. The van der Waals surface area contributed by atoms with Gasteiger partial charge in [0.1, 0.15) is 0 Å². The summed E-state index contributed by atoms with van der Waals surface area (Å²) in [4.78, 5) is 26.7. The van der Waals surface area contributed by atoms with Crippen LogP contribution in [0.2, 0.25) is 0 Å². The molecule has 2 aliphatic rings. The molecule has 2 aromatic rings. The number of anilines is 1. The van der Waals surface area contributed by atoms with E-state index < -0.39 is 0 Å². The summed E-state index contributed by atoms with van der Waals surface area (Å²) in [6.07, 6.45) is 6.53. The van der Waals surface area contributed by atoms with E-state index in [4.69, 9.17) is 0 Å². The Bertz CT molecular complexity index is 704. The molecule has 2 aromatic heterocycles. The largest absolute Gasteiger partial charge is 0.339 e. The molecule has 4 heterocycles. The first-order valence-electron chi connectivity index (χ1n) is 8.42. The average Bonchev–Trinajstić information content (AvgIpc) is 3.10. The summed E-state index contributed by atoms with van der Waals surface area (Å²) in [5.41, 5.74) is 1.30. The molecule has 0 aromatic carbocycles. The topological polar surface area (TPSA) is 61.4 Å². The molecule has 1 N–H and O–H groups in total. The number of rotatable bonds is 2. The number of amides is 2. The van der Waals surface area contributed by atoms with Crippen LogP contribution in [-0.2, 0) is 13.0 Å². The molecular weight excluding hydrogens is 322 g/mol. The van der Waals surface area contributed by atoms with Gasteiger partial charge in [-0.1, -0.05) is 0 Å². The number of nitrogens with zero attached hydrogens (tertiary/aromatic N) is 4. The van der Waals surface area contributed by atoms with Crippen LogP contribution in [0.5, 0.6) is 0 Å². The molecule has 1 saturated heterocycles. The van der Waals surface area contributed by atoms with Crippen molar-refractivity contribution in [2.75, 3.05) is 24.5 Å². The van der Waals surface area contributed by atoms with E-state index in [0.717, 1.165) is 51.4 Å². The quantitative estimate of drug-likeness (QED) is 0.909. The molecule has 6 nitrogen and oxygen atoms in total. The van der Waals surface area contributed by atoms with Gasteiger partial charge in [-0.05, 0) is 42.3 Å². The fraction of sp³-hybridized carbons (Fsp3) is 0.471. The Morgan fingerprint density at radius 1 is 1.29 bits per heavy atom. The lowest BCUT2D eigenvalue weighted by atomic mass is 10.1. The summed E-state index contributed by atoms with van der Waals surface area (Å²) in [6, 6.07) is 4.16. The van der Waals surface area contributed by atoms with E-state index in [0.29, 0.717) is 0 Å². The lowest BCUT2D eigenvalue weighted by Gasteiger charge is -2.35. The number of fused-ring (bicyclic) bond motifs is 1. The highest BCUT2D eigenvalue weighted by atomic mass is 32.1. The Hall–Kier alpha value is -2.15. The van der Waals surface area contributed by atoms with E-state index in [1.807, 2.05) is 11.0 Å². The number of urea groups is 1. The summed E-state index contributed by atoms with van der Waals surface area (Å²) < 4.78 is 0. The first kappa shape index (κ1) is 15.4. The van der Waals surface area contributed by atoms with Crippen LogP contribution in [-0.4, -0.2) is 46.6 Å². The minimum atomic E-state index is 0.0488. The zero-order valence-electron chi connectivity index (χ0n) is 13.5. The van der Waals surface area contributed by atoms with Gasteiger partial charge in [-0.25, -0.2) is 14.8 Å². The van der Waals surface area contributed by atoms with Crippen LogP contribution in [0.1, 0.15) is 23.3 Å². The molecule has 0 bridgehead atoms. The lowest BCUT2D eigenvalue weighted by molar-refractivity contribution is 0.187. The lowest BCUT2D eigenvalue weighted by Crippen LogP contribution is -2.52. The zero-order valence-corrected chi connectivity index (χ0v) is 14.3. The first-order chi connectivity index (χ1) is 11.8. The Labute approximate surface area is 145 Å². The Morgan fingerprint density at radius 2 is 2.17 bits per heavy atom. The van der Waals surface area contributed by atoms with Crippen molar-refractivity contribution >= 4 is 23.3 Å². The van der Waals surface area contributed by atoms with Gasteiger partial charge in [-0.2, -0.15) is 0 Å². The van der Waals surface area contributed by atoms with E-state index in [1.54, 1.807) is 23.7 Å². The summed E-state index contributed by atoms with van der Waals surface area (Å²) in [5.74, 6) is 0.748. The van der Waals surface area contributed by atoms with E-state index in [1.165, 1.54) is 10.4 Å². The highest BCUT2D eigenvalue weighted by Crippen LogP contribution is 2.24. The molecule has 4 rings (SSSR count). The third-order valence-corrected chi connectivity index (χ3v) is 5.70. The van der Waals surface area contributed by atoms with Crippen LogP contribution in [0.4, 0.5) is 10.7 Å². The maximum atomic E-state index is 12.6. The Balaban J connectivity index is 1.36. The van der Waals surface area contributed by atoms with Crippen molar-refractivity contribution in [2.45, 2.75) is 31.8 Å². The molecule has 126 valence electrons. The second kappa shape index (κ2) is 6.76. The maximum absolute atomic E-state index is 12.6. The van der Waals surface area contributed by atoms with E-state index in [2.05, 4.69) is 31.6 Å². The Morgan fingerprint density at radius 3 is 3.04 bits per heavy atom. The SMILES string of the molecule is O=C(N[C@@H]1CCCN(c2ncccn2)C1)N1CCc2sccc2C1. The van der Waals surface area contributed by atoms with Crippen LogP contribution in [0.3, 0.4) is 0 Å². The van der Waals surface area contributed by atoms with Gasteiger partial charge in [-0.15, -0.1) is 11.3 Å². The highest BCUT2D eigenvalue weighted by Gasteiger charge is 2.26. The number of piperidine rings is 1. The normalized spacial score (nSPS) is 20.6. The fourth-order valence-electron chi connectivity index (χ4n) is 3.42. The number of nitrogens with one attached hydrogen (secondary N) is 1. The van der Waals surface area contributed by atoms with E-state index in [9.17, 15) is 4.79 Å². The van der Waals surface area contributed by atoms with Gasteiger partial charge in [0.2, 0.25) is 5.95 Å². The van der Waals surface area contributed by atoms with Crippen LogP contribution in [0.25, 0.3) is 0 Å². The predicted molar refractivity (Wildman–Crippen MR) is 94.2 cm³/mol. The van der Waals surface area contributed by atoms with Crippen molar-refractivity contribution in [3.8, 4) is 0 Å². The van der Waals surface area contributed by atoms with Gasteiger partial charge in [0.25, 0.3) is 0 Å². The third-order valence-electron chi connectivity index (χ3n) is 4.68. The smallest absolute Gasteiger partial charge is 0.317 e. The van der Waals surface area contributed by atoms with Crippen molar-refractivity contribution in [1.82, 2.24) is 20.2 Å². The molecule has 1 fully saturated rings. The van der Waals surface area contributed by atoms with Crippen LogP contribution >= 0.6 is 11.3 Å². The zero-order chi connectivity index (χ0) is 16.4. The van der Waals surface area contributed by atoms with Crippen molar-refractivity contribution in [3.63, 3.8) is 0 Å². The number of carbonyl (C=O) groups excluding carboxylic acids is 1. The van der Waals surface area contributed by atoms with Crippen molar-refractivity contribution in [3.05, 3.63) is 40.3 Å². The number of thiophene rings is 1. The molecule has 1 atom stereocenters. The van der Waals surface area contributed by atoms with Crippen molar-refractivity contribution < 1.29 is 4.79 Å². The standard InChI is InChI=1S/C17H21N5OS/c23-17(22-9-4-15-13(11-22)5-10-24-15)20-14-3-1-8-21(12-14)16-18-6-2-7-19-16/h2,5-7,10,14H,1,3-4,8-9,11-12H2,(H,20,23)/t14-/m1/s1. The second-order valence-electron chi connectivity index (χ2n) is 6.32.